The van der Waals surface area contributed by atoms with E-state index in [1.807, 2.05) is 0 Å². The Labute approximate surface area is 89.0 Å². The van der Waals surface area contributed by atoms with Crippen molar-refractivity contribution in [2.75, 3.05) is 26.8 Å². The Bertz CT molecular complexity index is 228. The maximum Gasteiger partial charge on any atom is 0.323 e. The standard InChI is InChI=1S/C9H18N2O4/c1-9(2,8(13)14)11-6-7(12)10-4-5-15-3/h11H,4-6H2,1-3H3,(H,10,12)(H,13,14). The molecule has 0 aliphatic heterocycles. The lowest BCUT2D eigenvalue weighted by molar-refractivity contribution is -0.143. The molecule has 0 aliphatic carbocycles. The van der Waals surface area contributed by atoms with Crippen molar-refractivity contribution in [3.63, 3.8) is 0 Å². The summed E-state index contributed by atoms with van der Waals surface area (Å²) < 4.78 is 4.75. The van der Waals surface area contributed by atoms with Crippen LogP contribution in [0.15, 0.2) is 0 Å². The minimum atomic E-state index is -1.10. The zero-order chi connectivity index (χ0) is 11.9. The lowest BCUT2D eigenvalue weighted by Crippen LogP contribution is -2.50. The van der Waals surface area contributed by atoms with Crippen LogP contribution >= 0.6 is 0 Å². The summed E-state index contributed by atoms with van der Waals surface area (Å²) in [4.78, 5) is 21.8. The molecule has 0 aromatic heterocycles. The summed E-state index contributed by atoms with van der Waals surface area (Å²) in [6.07, 6.45) is 0. The number of carbonyl (C=O) groups excluding carboxylic acids is 1. The molecule has 1 amide bonds. The third-order valence-corrected chi connectivity index (χ3v) is 1.85. The van der Waals surface area contributed by atoms with Crippen LogP contribution in [0.3, 0.4) is 0 Å². The molecule has 0 rings (SSSR count). The van der Waals surface area contributed by atoms with Gasteiger partial charge in [0.05, 0.1) is 13.2 Å². The number of ether oxygens (including phenoxy) is 1. The molecule has 88 valence electrons. The molecule has 6 heteroatoms. The number of carboxylic acids is 1. The van der Waals surface area contributed by atoms with Crippen LogP contribution in [0.2, 0.25) is 0 Å². The van der Waals surface area contributed by atoms with Gasteiger partial charge in [-0.15, -0.1) is 0 Å². The van der Waals surface area contributed by atoms with Crippen LogP contribution in [0.4, 0.5) is 0 Å². The highest BCUT2D eigenvalue weighted by Crippen LogP contribution is 2.00. The number of aliphatic carboxylic acids is 1. The maximum absolute atomic E-state index is 11.2. The SMILES string of the molecule is COCCNC(=O)CNC(C)(C)C(=O)O. The van der Waals surface area contributed by atoms with E-state index in [1.165, 1.54) is 21.0 Å². The number of carboxylic acid groups (broad SMARTS) is 1. The van der Waals surface area contributed by atoms with Crippen molar-refractivity contribution in [1.82, 2.24) is 10.6 Å². The van der Waals surface area contributed by atoms with Crippen molar-refractivity contribution >= 4 is 11.9 Å². The summed E-state index contributed by atoms with van der Waals surface area (Å²) in [5.41, 5.74) is -1.10. The third kappa shape index (κ3) is 6.03. The van der Waals surface area contributed by atoms with E-state index >= 15 is 0 Å². The van der Waals surface area contributed by atoms with E-state index in [0.717, 1.165) is 0 Å². The predicted octanol–water partition coefficient (Wildman–Crippen LogP) is -0.798. The summed E-state index contributed by atoms with van der Waals surface area (Å²) in [6, 6.07) is 0. The zero-order valence-electron chi connectivity index (χ0n) is 9.29. The van der Waals surface area contributed by atoms with Crippen molar-refractivity contribution in [2.45, 2.75) is 19.4 Å². The molecule has 0 atom stereocenters. The molecule has 3 N–H and O–H groups in total. The van der Waals surface area contributed by atoms with Crippen LogP contribution in [-0.4, -0.2) is 49.3 Å². The molecule has 0 heterocycles. The number of hydrogen-bond donors (Lipinski definition) is 3. The smallest absolute Gasteiger partial charge is 0.323 e. The van der Waals surface area contributed by atoms with Crippen molar-refractivity contribution in [3.05, 3.63) is 0 Å². The lowest BCUT2D eigenvalue weighted by Gasteiger charge is -2.20. The first kappa shape index (κ1) is 13.9. The quantitative estimate of drug-likeness (QED) is 0.487. The zero-order valence-corrected chi connectivity index (χ0v) is 9.29. The average Bonchev–Trinajstić information content (AvgIpc) is 2.15. The highest BCUT2D eigenvalue weighted by molar-refractivity contribution is 5.81. The van der Waals surface area contributed by atoms with Crippen LogP contribution in [0.5, 0.6) is 0 Å². The number of rotatable bonds is 7. The van der Waals surface area contributed by atoms with E-state index in [4.69, 9.17) is 9.84 Å². The molecular weight excluding hydrogens is 200 g/mol. The van der Waals surface area contributed by atoms with Crippen molar-refractivity contribution in [1.29, 1.82) is 0 Å². The largest absolute Gasteiger partial charge is 0.480 e. The number of nitrogens with one attached hydrogen (secondary N) is 2. The summed E-state index contributed by atoms with van der Waals surface area (Å²) in [6.45, 7) is 3.83. The van der Waals surface area contributed by atoms with Crippen molar-refractivity contribution in [2.24, 2.45) is 0 Å². The third-order valence-electron chi connectivity index (χ3n) is 1.85. The topological polar surface area (TPSA) is 87.7 Å². The van der Waals surface area contributed by atoms with Gasteiger partial charge in [-0.1, -0.05) is 0 Å². The second kappa shape index (κ2) is 6.36. The van der Waals surface area contributed by atoms with Crippen LogP contribution in [0.25, 0.3) is 0 Å². The Morgan fingerprint density at radius 1 is 1.40 bits per heavy atom. The fraction of sp³-hybridized carbons (Fsp3) is 0.778. The average molecular weight is 218 g/mol. The van der Waals surface area contributed by atoms with E-state index in [9.17, 15) is 9.59 Å². The molecule has 0 aliphatic rings. The predicted molar refractivity (Wildman–Crippen MR) is 54.6 cm³/mol. The Kier molecular flexibility index (Phi) is 5.88. The normalized spacial score (nSPS) is 11.1. The van der Waals surface area contributed by atoms with Crippen LogP contribution < -0.4 is 10.6 Å². The molecule has 0 saturated carbocycles. The molecule has 0 aromatic rings. The van der Waals surface area contributed by atoms with E-state index < -0.39 is 11.5 Å². The molecule has 6 nitrogen and oxygen atoms in total. The Morgan fingerprint density at radius 3 is 2.47 bits per heavy atom. The van der Waals surface area contributed by atoms with E-state index in [0.29, 0.717) is 13.2 Å². The maximum atomic E-state index is 11.2. The number of methoxy groups -OCH3 is 1. The molecule has 0 fully saturated rings. The van der Waals surface area contributed by atoms with Gasteiger partial charge in [0.1, 0.15) is 5.54 Å². The minimum Gasteiger partial charge on any atom is -0.480 e. The molecular formula is C9H18N2O4. The summed E-state index contributed by atoms with van der Waals surface area (Å²) in [5.74, 6) is -1.24. The summed E-state index contributed by atoms with van der Waals surface area (Å²) in [5, 5.41) is 14.0. The first-order valence-corrected chi connectivity index (χ1v) is 4.64. The molecule has 0 spiro atoms. The molecule has 0 radical (unpaired) electrons. The van der Waals surface area contributed by atoms with Gasteiger partial charge in [-0.25, -0.2) is 0 Å². The van der Waals surface area contributed by atoms with Gasteiger partial charge in [-0.05, 0) is 13.8 Å². The van der Waals surface area contributed by atoms with Crippen LogP contribution in [0, 0.1) is 0 Å². The highest BCUT2D eigenvalue weighted by atomic mass is 16.5. The molecule has 0 unspecified atom stereocenters. The fourth-order valence-corrected chi connectivity index (χ4v) is 0.732. The van der Waals surface area contributed by atoms with Gasteiger partial charge in [-0.2, -0.15) is 0 Å². The first-order valence-electron chi connectivity index (χ1n) is 4.64. The van der Waals surface area contributed by atoms with Gasteiger partial charge >= 0.3 is 5.97 Å². The van der Waals surface area contributed by atoms with Gasteiger partial charge in [0.15, 0.2) is 0 Å². The van der Waals surface area contributed by atoms with E-state index in [1.54, 1.807) is 0 Å². The fourth-order valence-electron chi connectivity index (χ4n) is 0.732. The number of hydrogen-bond acceptors (Lipinski definition) is 4. The minimum absolute atomic E-state index is 0.0248. The number of amides is 1. The molecule has 0 bridgehead atoms. The summed E-state index contributed by atoms with van der Waals surface area (Å²) in [7, 11) is 1.54. The van der Waals surface area contributed by atoms with Crippen molar-refractivity contribution in [3.8, 4) is 0 Å². The van der Waals surface area contributed by atoms with Crippen LogP contribution in [0.1, 0.15) is 13.8 Å². The molecule has 0 saturated heterocycles. The lowest BCUT2D eigenvalue weighted by atomic mass is 10.1. The molecule has 0 aromatic carbocycles. The summed E-state index contributed by atoms with van der Waals surface area (Å²) >= 11 is 0. The van der Waals surface area contributed by atoms with Gasteiger partial charge in [-0.3, -0.25) is 14.9 Å². The second-order valence-electron chi connectivity index (χ2n) is 3.63. The highest BCUT2D eigenvalue weighted by Gasteiger charge is 2.26. The Morgan fingerprint density at radius 2 is 2.00 bits per heavy atom. The van der Waals surface area contributed by atoms with Gasteiger partial charge in [0.25, 0.3) is 0 Å². The Hall–Kier alpha value is -1.14. The monoisotopic (exact) mass is 218 g/mol. The Balaban J connectivity index is 3.75. The van der Waals surface area contributed by atoms with E-state index in [2.05, 4.69) is 10.6 Å². The molecule has 15 heavy (non-hydrogen) atoms. The van der Waals surface area contributed by atoms with Crippen molar-refractivity contribution < 1.29 is 19.4 Å². The second-order valence-corrected chi connectivity index (χ2v) is 3.63. The van der Waals surface area contributed by atoms with Gasteiger partial charge < -0.3 is 15.2 Å². The van der Waals surface area contributed by atoms with E-state index in [-0.39, 0.29) is 12.5 Å². The van der Waals surface area contributed by atoms with Gasteiger partial charge in [0, 0.05) is 13.7 Å². The number of carbonyl (C=O) groups is 2. The first-order chi connectivity index (χ1) is 6.90. The van der Waals surface area contributed by atoms with Gasteiger partial charge in [0.2, 0.25) is 5.91 Å². The van der Waals surface area contributed by atoms with Crippen LogP contribution in [-0.2, 0) is 14.3 Å².